The lowest BCUT2D eigenvalue weighted by atomic mass is 10.1. The Bertz CT molecular complexity index is 944. The summed E-state index contributed by atoms with van der Waals surface area (Å²) in [4.78, 5) is 31.1. The van der Waals surface area contributed by atoms with Gasteiger partial charge < -0.3 is 15.6 Å². The summed E-state index contributed by atoms with van der Waals surface area (Å²) in [6, 6.07) is 13.3. The third-order valence-electron chi connectivity index (χ3n) is 4.25. The predicted molar refractivity (Wildman–Crippen MR) is 107 cm³/mol. The Morgan fingerprint density at radius 1 is 1.07 bits per heavy atom. The molecular formula is C21H24N4O2. The summed E-state index contributed by atoms with van der Waals surface area (Å²) in [6.07, 6.45) is 2.52. The van der Waals surface area contributed by atoms with Crippen molar-refractivity contribution < 1.29 is 9.59 Å². The van der Waals surface area contributed by atoms with Crippen LogP contribution in [0.5, 0.6) is 0 Å². The Kier molecular flexibility index (Phi) is 5.86. The molecule has 3 aromatic rings. The lowest BCUT2D eigenvalue weighted by molar-refractivity contribution is -0.114. The highest BCUT2D eigenvalue weighted by atomic mass is 16.2. The molecule has 0 aliphatic heterocycles. The van der Waals surface area contributed by atoms with Crippen LogP contribution in [-0.4, -0.2) is 28.3 Å². The standard InChI is InChI=1S/C21H24N4O2/c1-3-12-22-21(27)16-7-10-18-19(13-16)25-20(24-18)11-6-15-4-8-17(9-5-15)23-14(2)26/h4-5,7-10,13H,3,6,11-12H2,1-2H3,(H,22,27)(H,23,26)(H,24,25). The quantitative estimate of drug-likeness (QED) is 0.600. The summed E-state index contributed by atoms with van der Waals surface area (Å²) in [5.74, 6) is 0.754. The molecule has 0 saturated heterocycles. The number of hydrogen-bond donors (Lipinski definition) is 3. The van der Waals surface area contributed by atoms with E-state index in [1.54, 1.807) is 6.07 Å². The van der Waals surface area contributed by atoms with Crippen molar-refractivity contribution in [2.24, 2.45) is 0 Å². The van der Waals surface area contributed by atoms with Crippen LogP contribution in [0.4, 0.5) is 5.69 Å². The number of aromatic amines is 1. The van der Waals surface area contributed by atoms with E-state index in [0.717, 1.165) is 41.8 Å². The third kappa shape index (κ3) is 4.94. The maximum Gasteiger partial charge on any atom is 0.251 e. The molecule has 1 aromatic heterocycles. The first-order chi connectivity index (χ1) is 13.0. The van der Waals surface area contributed by atoms with Gasteiger partial charge in [-0.05, 0) is 48.7 Å². The van der Waals surface area contributed by atoms with E-state index in [4.69, 9.17) is 0 Å². The van der Waals surface area contributed by atoms with Crippen LogP contribution in [-0.2, 0) is 17.6 Å². The highest BCUT2D eigenvalue weighted by Gasteiger charge is 2.09. The minimum Gasteiger partial charge on any atom is -0.352 e. The Hall–Kier alpha value is -3.15. The molecule has 3 N–H and O–H groups in total. The number of nitrogens with one attached hydrogen (secondary N) is 3. The molecule has 0 radical (unpaired) electrons. The lowest BCUT2D eigenvalue weighted by Crippen LogP contribution is -2.23. The van der Waals surface area contributed by atoms with E-state index in [9.17, 15) is 9.59 Å². The number of rotatable bonds is 7. The predicted octanol–water partition coefficient (Wildman–Crippen LogP) is 3.45. The first kappa shape index (κ1) is 18.6. The summed E-state index contributed by atoms with van der Waals surface area (Å²) >= 11 is 0. The molecule has 3 rings (SSSR count). The van der Waals surface area contributed by atoms with Gasteiger partial charge in [-0.3, -0.25) is 9.59 Å². The van der Waals surface area contributed by atoms with E-state index in [2.05, 4.69) is 20.6 Å². The maximum absolute atomic E-state index is 12.1. The topological polar surface area (TPSA) is 86.9 Å². The highest BCUT2D eigenvalue weighted by Crippen LogP contribution is 2.16. The number of fused-ring (bicyclic) bond motifs is 1. The van der Waals surface area contributed by atoms with Gasteiger partial charge in [-0.1, -0.05) is 19.1 Å². The molecule has 0 saturated carbocycles. The highest BCUT2D eigenvalue weighted by molar-refractivity contribution is 5.97. The van der Waals surface area contributed by atoms with E-state index >= 15 is 0 Å². The Morgan fingerprint density at radius 2 is 1.85 bits per heavy atom. The van der Waals surface area contributed by atoms with Crippen LogP contribution < -0.4 is 10.6 Å². The smallest absolute Gasteiger partial charge is 0.251 e. The zero-order chi connectivity index (χ0) is 19.2. The monoisotopic (exact) mass is 364 g/mol. The van der Waals surface area contributed by atoms with Gasteiger partial charge in [-0.25, -0.2) is 4.98 Å². The van der Waals surface area contributed by atoms with Gasteiger partial charge >= 0.3 is 0 Å². The fraction of sp³-hybridized carbons (Fsp3) is 0.286. The fourth-order valence-corrected chi connectivity index (χ4v) is 2.88. The summed E-state index contributed by atoms with van der Waals surface area (Å²) in [5.41, 5.74) is 4.33. The van der Waals surface area contributed by atoms with Gasteiger partial charge in [0.05, 0.1) is 11.0 Å². The van der Waals surface area contributed by atoms with E-state index in [1.807, 2.05) is 43.3 Å². The molecule has 6 nitrogen and oxygen atoms in total. The molecule has 0 aliphatic rings. The number of aromatic nitrogens is 2. The van der Waals surface area contributed by atoms with Crippen LogP contribution >= 0.6 is 0 Å². The molecule has 2 amide bonds. The van der Waals surface area contributed by atoms with Crippen molar-refractivity contribution in [1.29, 1.82) is 0 Å². The Balaban J connectivity index is 1.65. The van der Waals surface area contributed by atoms with Crippen molar-refractivity contribution in [3.8, 4) is 0 Å². The van der Waals surface area contributed by atoms with Crippen molar-refractivity contribution >= 4 is 28.5 Å². The minimum absolute atomic E-state index is 0.0610. The molecule has 2 aromatic carbocycles. The van der Waals surface area contributed by atoms with E-state index in [1.165, 1.54) is 12.5 Å². The van der Waals surface area contributed by atoms with E-state index in [0.29, 0.717) is 12.1 Å². The average Bonchev–Trinajstić information content (AvgIpc) is 3.07. The molecular weight excluding hydrogens is 340 g/mol. The molecule has 0 unspecified atom stereocenters. The number of carbonyl (C=O) groups excluding carboxylic acids is 2. The number of anilines is 1. The van der Waals surface area contributed by atoms with Crippen molar-refractivity contribution in [2.75, 3.05) is 11.9 Å². The molecule has 0 aliphatic carbocycles. The van der Waals surface area contributed by atoms with Gasteiger partial charge in [0.1, 0.15) is 5.82 Å². The summed E-state index contributed by atoms with van der Waals surface area (Å²) < 4.78 is 0. The van der Waals surface area contributed by atoms with Crippen molar-refractivity contribution in [1.82, 2.24) is 15.3 Å². The van der Waals surface area contributed by atoms with Crippen molar-refractivity contribution in [2.45, 2.75) is 33.1 Å². The number of carbonyl (C=O) groups is 2. The van der Waals surface area contributed by atoms with Crippen LogP contribution in [0.1, 0.15) is 42.0 Å². The average molecular weight is 364 g/mol. The molecule has 1 heterocycles. The largest absolute Gasteiger partial charge is 0.352 e. The van der Waals surface area contributed by atoms with E-state index in [-0.39, 0.29) is 11.8 Å². The Labute approximate surface area is 158 Å². The zero-order valence-electron chi connectivity index (χ0n) is 15.6. The fourth-order valence-electron chi connectivity index (χ4n) is 2.88. The second-order valence-electron chi connectivity index (χ2n) is 6.55. The number of aryl methyl sites for hydroxylation is 2. The molecule has 27 heavy (non-hydrogen) atoms. The maximum atomic E-state index is 12.1. The van der Waals surface area contributed by atoms with Crippen LogP contribution in [0.25, 0.3) is 11.0 Å². The van der Waals surface area contributed by atoms with Gasteiger partial charge in [0.15, 0.2) is 0 Å². The molecule has 6 heteroatoms. The van der Waals surface area contributed by atoms with Crippen LogP contribution in [0.2, 0.25) is 0 Å². The molecule has 0 atom stereocenters. The van der Waals surface area contributed by atoms with E-state index < -0.39 is 0 Å². The number of H-pyrrole nitrogens is 1. The summed E-state index contributed by atoms with van der Waals surface area (Å²) in [7, 11) is 0. The molecule has 0 spiro atoms. The molecule has 140 valence electrons. The zero-order valence-corrected chi connectivity index (χ0v) is 15.6. The number of imidazole rings is 1. The molecule has 0 bridgehead atoms. The Morgan fingerprint density at radius 3 is 2.56 bits per heavy atom. The van der Waals surface area contributed by atoms with Gasteiger partial charge in [0.2, 0.25) is 5.91 Å². The SMILES string of the molecule is CCCNC(=O)c1ccc2nc(CCc3ccc(NC(C)=O)cc3)[nH]c2c1. The number of hydrogen-bond acceptors (Lipinski definition) is 3. The van der Waals surface area contributed by atoms with Gasteiger partial charge in [-0.15, -0.1) is 0 Å². The minimum atomic E-state index is -0.0761. The normalized spacial score (nSPS) is 10.7. The summed E-state index contributed by atoms with van der Waals surface area (Å²) in [6.45, 7) is 4.19. The van der Waals surface area contributed by atoms with Gasteiger partial charge in [0, 0.05) is 31.1 Å². The number of amides is 2. The van der Waals surface area contributed by atoms with Crippen molar-refractivity contribution in [3.63, 3.8) is 0 Å². The first-order valence-corrected chi connectivity index (χ1v) is 9.18. The first-order valence-electron chi connectivity index (χ1n) is 9.18. The van der Waals surface area contributed by atoms with Crippen LogP contribution in [0.3, 0.4) is 0 Å². The lowest BCUT2D eigenvalue weighted by Gasteiger charge is -2.04. The third-order valence-corrected chi connectivity index (χ3v) is 4.25. The van der Waals surface area contributed by atoms with Crippen molar-refractivity contribution in [3.05, 3.63) is 59.4 Å². The number of benzene rings is 2. The molecule has 0 fully saturated rings. The number of nitrogens with zero attached hydrogens (tertiary/aromatic N) is 1. The van der Waals surface area contributed by atoms with Crippen LogP contribution in [0.15, 0.2) is 42.5 Å². The second kappa shape index (κ2) is 8.49. The second-order valence-corrected chi connectivity index (χ2v) is 6.55. The van der Waals surface area contributed by atoms with Crippen LogP contribution in [0, 0.1) is 0 Å². The van der Waals surface area contributed by atoms with Gasteiger partial charge in [0.25, 0.3) is 5.91 Å². The van der Waals surface area contributed by atoms with Gasteiger partial charge in [-0.2, -0.15) is 0 Å². The summed E-state index contributed by atoms with van der Waals surface area (Å²) in [5, 5.41) is 5.64.